The zero-order chi connectivity index (χ0) is 30.3. The van der Waals surface area contributed by atoms with Crippen molar-refractivity contribution in [3.63, 3.8) is 0 Å². The molecule has 222 valence electrons. The second-order valence-corrected chi connectivity index (χ2v) is 11.6. The Kier molecular flexibility index (Phi) is 13.5. The van der Waals surface area contributed by atoms with Gasteiger partial charge in [-0.1, -0.05) is 82.2 Å². The molecule has 0 spiro atoms. The molecular formula is C37H45NO4. The van der Waals surface area contributed by atoms with E-state index in [0.717, 1.165) is 54.5 Å². The molecule has 4 rings (SSSR count). The number of carbonyl (C=O) groups is 3. The number of rotatable bonds is 10. The van der Waals surface area contributed by atoms with Crippen molar-refractivity contribution < 1.29 is 19.1 Å². The SMILES string of the molecule is CC(C)C(=O)CCCCC(=O)N1Cc2ccccc2C#Cc2ccccc21.CC(C)C(=O)COC1C#CCCCCC1. The standard InChI is InChI=1S/C24H25NO2.C13H20O2/c1-18(2)23(26)13-7-8-14-24(27)25-17-21-11-4-3-9-19(21)15-16-20-10-5-6-12-22(20)25;1-11(2)13(14)10-15-12-8-6-4-3-5-7-9-12/h3-6,9-12,18H,7-8,13-14,17H2,1-2H3;11-12H,3-6,8,10H2,1-2H3. The lowest BCUT2D eigenvalue weighted by Crippen LogP contribution is -2.31. The van der Waals surface area contributed by atoms with Crippen molar-refractivity contribution >= 4 is 23.2 Å². The van der Waals surface area contributed by atoms with E-state index in [4.69, 9.17) is 4.74 Å². The number of Topliss-reactive ketones (excluding diaryl/α,β-unsaturated/α-hetero) is 2. The maximum atomic E-state index is 13.0. The Balaban J connectivity index is 0.000000274. The lowest BCUT2D eigenvalue weighted by molar-refractivity contribution is -0.127. The molecule has 1 aliphatic carbocycles. The highest BCUT2D eigenvalue weighted by atomic mass is 16.5. The Bertz CT molecular complexity index is 1330. The van der Waals surface area contributed by atoms with Gasteiger partial charge in [-0.05, 0) is 55.9 Å². The molecule has 2 aromatic carbocycles. The van der Waals surface area contributed by atoms with Gasteiger partial charge >= 0.3 is 0 Å². The van der Waals surface area contributed by atoms with Gasteiger partial charge in [-0.2, -0.15) is 0 Å². The summed E-state index contributed by atoms with van der Waals surface area (Å²) in [6.07, 6.45) is 7.99. The molecule has 5 heteroatoms. The molecule has 1 heterocycles. The van der Waals surface area contributed by atoms with E-state index < -0.39 is 0 Å². The molecule has 0 aromatic heterocycles. The summed E-state index contributed by atoms with van der Waals surface area (Å²) in [7, 11) is 0. The number of anilines is 1. The number of hydrogen-bond acceptors (Lipinski definition) is 4. The fourth-order valence-electron chi connectivity index (χ4n) is 4.66. The van der Waals surface area contributed by atoms with Crippen LogP contribution in [0.15, 0.2) is 48.5 Å². The van der Waals surface area contributed by atoms with Gasteiger partial charge in [0, 0.05) is 42.2 Å². The molecule has 1 aliphatic heterocycles. The Hall–Kier alpha value is -3.67. The summed E-state index contributed by atoms with van der Waals surface area (Å²) in [5.41, 5.74) is 3.76. The van der Waals surface area contributed by atoms with Crippen LogP contribution in [0.3, 0.4) is 0 Å². The summed E-state index contributed by atoms with van der Waals surface area (Å²) in [6.45, 7) is 8.37. The predicted molar refractivity (Wildman–Crippen MR) is 169 cm³/mol. The van der Waals surface area contributed by atoms with E-state index >= 15 is 0 Å². The van der Waals surface area contributed by atoms with Crippen LogP contribution in [0.25, 0.3) is 0 Å². The Morgan fingerprint density at radius 1 is 0.833 bits per heavy atom. The first kappa shape index (κ1) is 32.8. The number of fused-ring (bicyclic) bond motifs is 2. The first-order valence-electron chi connectivity index (χ1n) is 15.4. The van der Waals surface area contributed by atoms with Crippen molar-refractivity contribution in [2.75, 3.05) is 11.5 Å². The van der Waals surface area contributed by atoms with Gasteiger partial charge in [0.05, 0.1) is 12.2 Å². The molecule has 0 bridgehead atoms. The molecule has 0 N–H and O–H groups in total. The van der Waals surface area contributed by atoms with Crippen LogP contribution in [-0.2, 0) is 25.7 Å². The number of nitrogens with zero attached hydrogens (tertiary/aromatic N) is 1. The van der Waals surface area contributed by atoms with Crippen molar-refractivity contribution in [2.24, 2.45) is 11.8 Å². The quantitative estimate of drug-likeness (QED) is 0.224. The van der Waals surface area contributed by atoms with Crippen LogP contribution in [0.4, 0.5) is 5.69 Å². The second-order valence-electron chi connectivity index (χ2n) is 11.6. The molecule has 1 atom stereocenters. The molecule has 1 amide bonds. The minimum atomic E-state index is -0.0204. The second kappa shape index (κ2) is 17.3. The van der Waals surface area contributed by atoms with Gasteiger partial charge < -0.3 is 9.64 Å². The number of amides is 1. The lowest BCUT2D eigenvalue weighted by Gasteiger charge is -2.26. The van der Waals surface area contributed by atoms with Crippen molar-refractivity contribution in [2.45, 2.75) is 98.1 Å². The Morgan fingerprint density at radius 3 is 2.26 bits per heavy atom. The summed E-state index contributed by atoms with van der Waals surface area (Å²) < 4.78 is 5.52. The number of ether oxygens (including phenoxy) is 1. The summed E-state index contributed by atoms with van der Waals surface area (Å²) in [5.74, 6) is 13.3. The van der Waals surface area contributed by atoms with Crippen molar-refractivity contribution in [3.05, 3.63) is 65.2 Å². The molecule has 0 radical (unpaired) electrons. The molecule has 0 saturated carbocycles. The normalized spacial score (nSPS) is 15.6. The van der Waals surface area contributed by atoms with E-state index in [1.807, 2.05) is 81.1 Å². The molecule has 2 aliphatic rings. The fraction of sp³-hybridized carbons (Fsp3) is 0.486. The monoisotopic (exact) mass is 567 g/mol. The van der Waals surface area contributed by atoms with Gasteiger partial charge in [-0.3, -0.25) is 14.4 Å². The first-order valence-corrected chi connectivity index (χ1v) is 15.4. The highest BCUT2D eigenvalue weighted by Gasteiger charge is 2.21. The summed E-state index contributed by atoms with van der Waals surface area (Å²) in [5, 5.41) is 0. The highest BCUT2D eigenvalue weighted by molar-refractivity contribution is 5.95. The third-order valence-electron chi connectivity index (χ3n) is 7.48. The topological polar surface area (TPSA) is 63.7 Å². The van der Waals surface area contributed by atoms with E-state index in [1.54, 1.807) is 0 Å². The van der Waals surface area contributed by atoms with Crippen molar-refractivity contribution in [1.82, 2.24) is 0 Å². The van der Waals surface area contributed by atoms with Crippen LogP contribution in [-0.4, -0.2) is 30.2 Å². The Morgan fingerprint density at radius 2 is 1.50 bits per heavy atom. The van der Waals surface area contributed by atoms with Crippen LogP contribution < -0.4 is 4.90 Å². The van der Waals surface area contributed by atoms with Crippen LogP contribution in [0, 0.1) is 35.5 Å². The van der Waals surface area contributed by atoms with E-state index in [1.165, 1.54) is 12.8 Å². The maximum Gasteiger partial charge on any atom is 0.227 e. The molecular weight excluding hydrogens is 522 g/mol. The maximum absolute atomic E-state index is 13.0. The predicted octanol–water partition coefficient (Wildman–Crippen LogP) is 7.28. The highest BCUT2D eigenvalue weighted by Crippen LogP contribution is 2.26. The van der Waals surface area contributed by atoms with Crippen molar-refractivity contribution in [1.29, 1.82) is 0 Å². The summed E-state index contributed by atoms with van der Waals surface area (Å²) in [4.78, 5) is 38.0. The smallest absolute Gasteiger partial charge is 0.227 e. The van der Waals surface area contributed by atoms with Crippen molar-refractivity contribution in [3.8, 4) is 23.7 Å². The number of hydrogen-bond donors (Lipinski definition) is 0. The summed E-state index contributed by atoms with van der Waals surface area (Å²) in [6, 6.07) is 15.8. The van der Waals surface area contributed by atoms with Gasteiger partial charge in [0.15, 0.2) is 5.78 Å². The third kappa shape index (κ3) is 10.6. The van der Waals surface area contributed by atoms with Crippen LogP contribution >= 0.6 is 0 Å². The number of unbranched alkanes of at least 4 members (excludes halogenated alkanes) is 1. The van der Waals surface area contributed by atoms with Crippen LogP contribution in [0.5, 0.6) is 0 Å². The molecule has 2 aromatic rings. The zero-order valence-electron chi connectivity index (χ0n) is 25.7. The van der Waals surface area contributed by atoms with Crippen LogP contribution in [0.2, 0.25) is 0 Å². The van der Waals surface area contributed by atoms with Gasteiger partial charge in [0.2, 0.25) is 5.91 Å². The Labute approximate surface area is 252 Å². The number of para-hydroxylation sites is 1. The van der Waals surface area contributed by atoms with Crippen LogP contribution in [0.1, 0.15) is 102 Å². The average Bonchev–Trinajstić information content (AvgIpc) is 2.95. The average molecular weight is 568 g/mol. The number of carbonyl (C=O) groups excluding carboxylic acids is 3. The van der Waals surface area contributed by atoms with Gasteiger partial charge in [-0.25, -0.2) is 0 Å². The summed E-state index contributed by atoms with van der Waals surface area (Å²) >= 11 is 0. The van der Waals surface area contributed by atoms with E-state index in [2.05, 4.69) is 23.7 Å². The van der Waals surface area contributed by atoms with E-state index in [9.17, 15) is 14.4 Å². The van der Waals surface area contributed by atoms with Gasteiger partial charge in [-0.15, -0.1) is 5.92 Å². The molecule has 0 saturated heterocycles. The molecule has 5 nitrogen and oxygen atoms in total. The lowest BCUT2D eigenvalue weighted by atomic mass is 10.0. The van der Waals surface area contributed by atoms with E-state index in [0.29, 0.717) is 19.4 Å². The van der Waals surface area contributed by atoms with Gasteiger partial charge in [0.1, 0.15) is 18.5 Å². The first-order chi connectivity index (χ1) is 20.3. The zero-order valence-corrected chi connectivity index (χ0v) is 25.7. The number of ketones is 2. The third-order valence-corrected chi connectivity index (χ3v) is 7.48. The number of benzene rings is 2. The molecule has 1 unspecified atom stereocenters. The minimum absolute atomic E-state index is 0.0204. The fourth-order valence-corrected chi connectivity index (χ4v) is 4.66. The van der Waals surface area contributed by atoms with E-state index in [-0.39, 0.29) is 42.0 Å². The molecule has 42 heavy (non-hydrogen) atoms. The van der Waals surface area contributed by atoms with Gasteiger partial charge in [0.25, 0.3) is 0 Å². The molecule has 0 fully saturated rings. The largest absolute Gasteiger partial charge is 0.358 e. The minimum Gasteiger partial charge on any atom is -0.358 e.